The van der Waals surface area contributed by atoms with E-state index in [4.69, 9.17) is 4.52 Å². The van der Waals surface area contributed by atoms with Gasteiger partial charge < -0.3 is 8.86 Å². The Balaban J connectivity index is 0.00000116. The Morgan fingerprint density at radius 2 is 1.91 bits per heavy atom. The molecule has 1 aromatic heterocycles. The number of aromatic nitrogens is 1. The SMILES string of the molecule is CC.Cc1c(CC(C(=O)OP)N(P)P)c2ccccc2n1P. The third-order valence-electron chi connectivity index (χ3n) is 3.43. The highest BCUT2D eigenvalue weighted by Crippen LogP contribution is 2.30. The lowest BCUT2D eigenvalue weighted by Gasteiger charge is -2.21. The Morgan fingerprint density at radius 1 is 1.32 bits per heavy atom. The Bertz CT molecular complexity index is 643. The zero-order chi connectivity index (χ0) is 16.9. The van der Waals surface area contributed by atoms with Gasteiger partial charge in [-0.2, -0.15) is 0 Å². The van der Waals surface area contributed by atoms with Crippen LogP contribution < -0.4 is 0 Å². The molecule has 0 spiro atoms. The predicted octanol–water partition coefficient (Wildman–Crippen LogP) is 3.74. The molecule has 22 heavy (non-hydrogen) atoms. The molecule has 0 aliphatic heterocycles. The summed E-state index contributed by atoms with van der Waals surface area (Å²) < 4.78 is 8.60. The summed E-state index contributed by atoms with van der Waals surface area (Å²) in [4.78, 5) is 11.9. The molecule has 0 saturated heterocycles. The number of hydrogen-bond donors (Lipinski definition) is 0. The van der Waals surface area contributed by atoms with Gasteiger partial charge in [0.2, 0.25) is 0 Å². The summed E-state index contributed by atoms with van der Waals surface area (Å²) in [6.45, 7) is 6.06. The normalized spacial score (nSPS) is 12.0. The number of para-hydroxylation sites is 1. The molecule has 0 aliphatic rings. The summed E-state index contributed by atoms with van der Waals surface area (Å²) in [7, 11) is 9.73. The third kappa shape index (κ3) is 4.25. The van der Waals surface area contributed by atoms with E-state index in [0.717, 1.165) is 16.8 Å². The second kappa shape index (κ2) is 9.27. The molecule has 5 atom stereocenters. The Morgan fingerprint density at radius 3 is 2.45 bits per heavy atom. The molecule has 5 unspecified atom stereocenters. The molecule has 0 fully saturated rings. The van der Waals surface area contributed by atoms with Gasteiger partial charge in [0.15, 0.2) is 0 Å². The average Bonchev–Trinajstić information content (AvgIpc) is 2.78. The predicted molar refractivity (Wildman–Crippen MR) is 108 cm³/mol. The van der Waals surface area contributed by atoms with Crippen molar-refractivity contribution in [1.82, 2.24) is 8.78 Å². The van der Waals surface area contributed by atoms with E-state index in [9.17, 15) is 4.79 Å². The molecule has 2 rings (SSSR count). The van der Waals surface area contributed by atoms with E-state index in [2.05, 4.69) is 51.6 Å². The van der Waals surface area contributed by atoms with Crippen LogP contribution in [0.4, 0.5) is 0 Å². The first kappa shape index (κ1) is 20.0. The van der Waals surface area contributed by atoms with Crippen molar-refractivity contribution in [3.63, 3.8) is 0 Å². The largest absolute Gasteiger partial charge is 0.450 e. The van der Waals surface area contributed by atoms with Crippen LogP contribution in [0.5, 0.6) is 0 Å². The van der Waals surface area contributed by atoms with Crippen LogP contribution in [0.2, 0.25) is 0 Å². The van der Waals surface area contributed by atoms with Gasteiger partial charge in [0.1, 0.15) is 6.04 Å². The monoisotopic (exact) mass is 376 g/mol. The number of hydrogen-bond acceptors (Lipinski definition) is 3. The Hall–Kier alpha value is -0.0900. The molecule has 0 saturated carbocycles. The molecule has 2 aromatic rings. The lowest BCUT2D eigenvalue weighted by atomic mass is 10.0. The summed E-state index contributed by atoms with van der Waals surface area (Å²) >= 11 is 0. The Kier molecular flexibility index (Phi) is 8.40. The molecule has 8 heteroatoms. The van der Waals surface area contributed by atoms with Gasteiger partial charge in [-0.05, 0) is 27.9 Å². The van der Waals surface area contributed by atoms with Gasteiger partial charge in [0, 0.05) is 17.5 Å². The van der Waals surface area contributed by atoms with Crippen molar-refractivity contribution in [2.45, 2.75) is 33.2 Å². The van der Waals surface area contributed by atoms with E-state index < -0.39 is 0 Å². The maximum atomic E-state index is 11.9. The number of rotatable bonds is 4. The maximum absolute atomic E-state index is 11.9. The second-order valence-corrected chi connectivity index (χ2v) is 7.10. The first-order valence-corrected chi connectivity index (χ1v) is 9.02. The van der Waals surface area contributed by atoms with Crippen molar-refractivity contribution in [2.24, 2.45) is 0 Å². The molecule has 0 bridgehead atoms. The minimum Gasteiger partial charge on any atom is -0.450 e. The third-order valence-corrected chi connectivity index (χ3v) is 5.05. The first-order valence-electron chi connectivity index (χ1n) is 7.00. The van der Waals surface area contributed by atoms with Crippen LogP contribution in [-0.2, 0) is 15.7 Å². The van der Waals surface area contributed by atoms with Crippen molar-refractivity contribution < 1.29 is 9.32 Å². The zero-order valence-electron chi connectivity index (χ0n) is 13.1. The summed E-state index contributed by atoms with van der Waals surface area (Å²) in [6.07, 6.45) is 0.591. The summed E-state index contributed by atoms with van der Waals surface area (Å²) in [5.41, 5.74) is 3.43. The lowest BCUT2D eigenvalue weighted by molar-refractivity contribution is -0.136. The smallest absolute Gasteiger partial charge is 0.326 e. The van der Waals surface area contributed by atoms with Gasteiger partial charge in [0.25, 0.3) is 0 Å². The molecule has 0 aliphatic carbocycles. The maximum Gasteiger partial charge on any atom is 0.326 e. The summed E-state index contributed by atoms with van der Waals surface area (Å²) in [5, 5.41) is 1.17. The quantitative estimate of drug-likeness (QED) is 0.763. The van der Waals surface area contributed by atoms with E-state index >= 15 is 0 Å². The molecular formula is C14H24N2O2P4. The fourth-order valence-electron chi connectivity index (χ4n) is 2.30. The van der Waals surface area contributed by atoms with Gasteiger partial charge in [-0.1, -0.05) is 50.8 Å². The number of fused-ring (bicyclic) bond motifs is 1. The minimum atomic E-state index is -0.364. The van der Waals surface area contributed by atoms with Crippen molar-refractivity contribution >= 4 is 54.5 Å². The molecule has 1 aromatic carbocycles. The van der Waals surface area contributed by atoms with E-state index in [1.807, 2.05) is 35.4 Å². The van der Waals surface area contributed by atoms with Crippen LogP contribution in [0.15, 0.2) is 24.3 Å². The molecule has 122 valence electrons. The van der Waals surface area contributed by atoms with Gasteiger partial charge in [-0.25, -0.2) is 0 Å². The van der Waals surface area contributed by atoms with E-state index in [-0.39, 0.29) is 12.0 Å². The van der Waals surface area contributed by atoms with Crippen molar-refractivity contribution in [1.29, 1.82) is 0 Å². The highest BCUT2D eigenvalue weighted by Gasteiger charge is 2.25. The number of nitrogens with zero attached hydrogens (tertiary/aromatic N) is 2. The van der Waals surface area contributed by atoms with Crippen LogP contribution in [0.3, 0.4) is 0 Å². The molecule has 0 radical (unpaired) electrons. The van der Waals surface area contributed by atoms with Gasteiger partial charge in [-0.3, -0.25) is 9.24 Å². The minimum absolute atomic E-state index is 0.278. The molecule has 4 nitrogen and oxygen atoms in total. The molecule has 0 N–H and O–H groups in total. The highest BCUT2D eigenvalue weighted by atomic mass is 31.1. The van der Waals surface area contributed by atoms with Crippen LogP contribution >= 0.6 is 37.6 Å². The highest BCUT2D eigenvalue weighted by molar-refractivity contribution is 7.31. The average molecular weight is 376 g/mol. The lowest BCUT2D eigenvalue weighted by Crippen LogP contribution is -2.31. The fourth-order valence-corrected chi connectivity index (χ4v) is 3.29. The van der Waals surface area contributed by atoms with Crippen LogP contribution in [-0.4, -0.2) is 20.8 Å². The standard InChI is InChI=1S/C12H18N2O2P4.C2H6/c1-7-9(6-11(14(18)19)12(15)16-20)8-4-2-3-5-10(8)13(7)17;1-2/h2-5,11H,6,17-20H2,1H3;1-2H3. The molecule has 0 amide bonds. The van der Waals surface area contributed by atoms with Crippen molar-refractivity contribution in [2.75, 3.05) is 0 Å². The fraction of sp³-hybridized carbons (Fsp3) is 0.357. The van der Waals surface area contributed by atoms with E-state index in [1.165, 1.54) is 5.39 Å². The Labute approximate surface area is 141 Å². The second-order valence-electron chi connectivity index (χ2n) is 4.56. The van der Waals surface area contributed by atoms with Crippen LogP contribution in [0.1, 0.15) is 25.1 Å². The topological polar surface area (TPSA) is 34.5 Å². The molecular weight excluding hydrogens is 352 g/mol. The van der Waals surface area contributed by atoms with Gasteiger partial charge in [0.05, 0.1) is 15.0 Å². The zero-order valence-corrected chi connectivity index (χ0v) is 17.7. The number of carbonyl (C=O) groups excluding carboxylic acids is 1. The van der Waals surface area contributed by atoms with Crippen LogP contribution in [0, 0.1) is 6.92 Å². The van der Waals surface area contributed by atoms with Crippen molar-refractivity contribution in [3.05, 3.63) is 35.5 Å². The van der Waals surface area contributed by atoms with E-state index in [1.54, 1.807) is 4.44 Å². The van der Waals surface area contributed by atoms with Crippen molar-refractivity contribution in [3.8, 4) is 0 Å². The molecule has 1 heterocycles. The van der Waals surface area contributed by atoms with Gasteiger partial charge in [-0.15, -0.1) is 0 Å². The summed E-state index contributed by atoms with van der Waals surface area (Å²) in [6, 6.07) is 7.81. The van der Waals surface area contributed by atoms with Gasteiger partial charge >= 0.3 is 5.97 Å². The van der Waals surface area contributed by atoms with E-state index in [0.29, 0.717) is 6.42 Å². The summed E-state index contributed by atoms with van der Waals surface area (Å²) in [5.74, 6) is -0.278. The number of benzene rings is 1. The van der Waals surface area contributed by atoms with Crippen LogP contribution in [0.25, 0.3) is 10.9 Å². The first-order chi connectivity index (χ1) is 10.5. The number of carbonyl (C=O) groups is 1.